The summed E-state index contributed by atoms with van der Waals surface area (Å²) in [4.78, 5) is 34.7. The smallest absolute Gasteiger partial charge is 0.334 e. The minimum Gasteiger partial charge on any atom is -0.334 e. The zero-order valence-corrected chi connectivity index (χ0v) is 15.3. The molecular weight excluding hydrogens is 386 g/mol. The molecule has 1 aromatic carbocycles. The number of amides is 1. The predicted molar refractivity (Wildman–Crippen MR) is 103 cm³/mol. The van der Waals surface area contributed by atoms with Crippen molar-refractivity contribution in [2.24, 2.45) is 0 Å². The summed E-state index contributed by atoms with van der Waals surface area (Å²) in [6, 6.07) is 8.19. The van der Waals surface area contributed by atoms with Crippen LogP contribution in [0.2, 0.25) is 5.02 Å². The molecule has 1 amide bonds. The van der Waals surface area contributed by atoms with Gasteiger partial charge in [0.15, 0.2) is 0 Å². The molecule has 2 aromatic heterocycles. The molecule has 28 heavy (non-hydrogen) atoms. The van der Waals surface area contributed by atoms with E-state index < -0.39 is 16.5 Å². The molecule has 0 saturated heterocycles. The van der Waals surface area contributed by atoms with Crippen molar-refractivity contribution >= 4 is 40.5 Å². The van der Waals surface area contributed by atoms with Crippen LogP contribution in [0.1, 0.15) is 15.9 Å². The molecule has 0 aliphatic heterocycles. The van der Waals surface area contributed by atoms with Crippen LogP contribution in [-0.4, -0.2) is 25.8 Å². The quantitative estimate of drug-likeness (QED) is 0.424. The van der Waals surface area contributed by atoms with Crippen molar-refractivity contribution in [1.29, 1.82) is 0 Å². The van der Waals surface area contributed by atoms with Gasteiger partial charge in [-0.2, -0.15) is 0 Å². The number of hydrogen-bond donors (Lipinski definition) is 3. The van der Waals surface area contributed by atoms with Crippen LogP contribution in [0.5, 0.6) is 0 Å². The molecule has 3 N–H and O–H groups in total. The maximum atomic E-state index is 12.1. The number of anilines is 3. The van der Waals surface area contributed by atoms with E-state index in [0.29, 0.717) is 10.7 Å². The number of carbonyl (C=O) groups is 1. The second kappa shape index (κ2) is 8.27. The first-order valence-corrected chi connectivity index (χ1v) is 8.32. The highest BCUT2D eigenvalue weighted by Gasteiger charge is 2.24. The highest BCUT2D eigenvalue weighted by Crippen LogP contribution is 2.32. The van der Waals surface area contributed by atoms with Crippen LogP contribution in [0.15, 0.2) is 49.1 Å². The number of carbonyl (C=O) groups excluding carboxylic acids is 1. The Bertz CT molecular complexity index is 1030. The van der Waals surface area contributed by atoms with Gasteiger partial charge in [0.2, 0.25) is 11.6 Å². The lowest BCUT2D eigenvalue weighted by molar-refractivity contribution is -0.383. The molecule has 0 fully saturated rings. The van der Waals surface area contributed by atoms with Crippen molar-refractivity contribution in [3.05, 3.63) is 75.3 Å². The van der Waals surface area contributed by atoms with Gasteiger partial charge in [0.25, 0.3) is 5.91 Å². The van der Waals surface area contributed by atoms with E-state index in [1.165, 1.54) is 12.4 Å². The Balaban J connectivity index is 1.85. The van der Waals surface area contributed by atoms with Crippen LogP contribution in [0.25, 0.3) is 0 Å². The fourth-order valence-electron chi connectivity index (χ4n) is 2.31. The number of hydrogen-bond acceptors (Lipinski definition) is 8. The van der Waals surface area contributed by atoms with Crippen LogP contribution in [0, 0.1) is 17.0 Å². The summed E-state index contributed by atoms with van der Waals surface area (Å²) in [7, 11) is 0. The maximum Gasteiger partial charge on any atom is 0.355 e. The minimum atomic E-state index is -0.647. The first kappa shape index (κ1) is 19.0. The molecule has 11 heteroatoms. The maximum absolute atomic E-state index is 12.1. The zero-order chi connectivity index (χ0) is 20.1. The van der Waals surface area contributed by atoms with E-state index in [-0.39, 0.29) is 17.2 Å². The van der Waals surface area contributed by atoms with E-state index in [9.17, 15) is 14.9 Å². The van der Waals surface area contributed by atoms with Crippen LogP contribution >= 0.6 is 11.6 Å². The number of rotatable bonds is 6. The summed E-state index contributed by atoms with van der Waals surface area (Å²) < 4.78 is 0. The molecule has 0 saturated carbocycles. The third-order valence-electron chi connectivity index (χ3n) is 3.66. The number of nitrogens with one attached hydrogen (secondary N) is 3. The van der Waals surface area contributed by atoms with Gasteiger partial charge >= 0.3 is 5.69 Å². The molecule has 10 nitrogen and oxygen atoms in total. The van der Waals surface area contributed by atoms with Gasteiger partial charge in [-0.25, -0.2) is 9.97 Å². The molecular formula is C17H14ClN7O3. The van der Waals surface area contributed by atoms with E-state index in [2.05, 4.69) is 31.1 Å². The summed E-state index contributed by atoms with van der Waals surface area (Å²) in [5.41, 5.74) is 6.04. The Morgan fingerprint density at radius 3 is 2.68 bits per heavy atom. The number of halogens is 1. The van der Waals surface area contributed by atoms with E-state index in [0.717, 1.165) is 11.9 Å². The van der Waals surface area contributed by atoms with Crippen molar-refractivity contribution in [2.45, 2.75) is 6.92 Å². The fraction of sp³-hybridized carbons (Fsp3) is 0.0588. The number of hydrazine groups is 1. The minimum absolute atomic E-state index is 0.0384. The number of benzene rings is 1. The third kappa shape index (κ3) is 4.30. The Hall–Kier alpha value is -3.79. The molecule has 0 aliphatic rings. The summed E-state index contributed by atoms with van der Waals surface area (Å²) in [6.45, 7) is 1.80. The largest absolute Gasteiger partial charge is 0.355 e. The fourth-order valence-corrected chi connectivity index (χ4v) is 2.54. The average molecular weight is 400 g/mol. The normalized spacial score (nSPS) is 10.2. The predicted octanol–water partition coefficient (Wildman–Crippen LogP) is 3.24. The lowest BCUT2D eigenvalue weighted by Crippen LogP contribution is -2.30. The Kier molecular flexibility index (Phi) is 5.61. The number of pyridine rings is 1. The molecule has 3 rings (SSSR count). The van der Waals surface area contributed by atoms with Crippen molar-refractivity contribution in [3.63, 3.8) is 0 Å². The Labute approximate surface area is 164 Å². The van der Waals surface area contributed by atoms with Crippen molar-refractivity contribution in [2.75, 3.05) is 10.7 Å². The van der Waals surface area contributed by atoms with E-state index in [1.807, 2.05) is 0 Å². The molecule has 2 heterocycles. The molecule has 0 bridgehead atoms. The van der Waals surface area contributed by atoms with Crippen molar-refractivity contribution in [3.8, 4) is 0 Å². The van der Waals surface area contributed by atoms with Crippen molar-refractivity contribution < 1.29 is 9.72 Å². The van der Waals surface area contributed by atoms with E-state index >= 15 is 0 Å². The molecule has 142 valence electrons. The molecule has 0 unspecified atom stereocenters. The summed E-state index contributed by atoms with van der Waals surface area (Å²) in [5.74, 6) is -0.737. The molecule has 0 aliphatic carbocycles. The lowest BCUT2D eigenvalue weighted by atomic mass is 10.2. The van der Waals surface area contributed by atoms with Crippen LogP contribution in [0.3, 0.4) is 0 Å². The molecule has 0 atom stereocenters. The van der Waals surface area contributed by atoms with E-state index in [4.69, 9.17) is 11.6 Å². The summed E-state index contributed by atoms with van der Waals surface area (Å²) in [6.07, 6.45) is 4.02. The van der Waals surface area contributed by atoms with Crippen LogP contribution < -0.4 is 16.2 Å². The van der Waals surface area contributed by atoms with Gasteiger partial charge in [-0.15, -0.1) is 0 Å². The Morgan fingerprint density at radius 2 is 2.00 bits per heavy atom. The topological polar surface area (TPSA) is 135 Å². The molecule has 0 radical (unpaired) electrons. The third-order valence-corrected chi connectivity index (χ3v) is 3.90. The summed E-state index contributed by atoms with van der Waals surface area (Å²) in [5, 5.41) is 15.0. The highest BCUT2D eigenvalue weighted by molar-refractivity contribution is 6.30. The van der Waals surface area contributed by atoms with Gasteiger partial charge < -0.3 is 5.32 Å². The summed E-state index contributed by atoms with van der Waals surface area (Å²) >= 11 is 5.93. The highest BCUT2D eigenvalue weighted by atomic mass is 35.5. The monoisotopic (exact) mass is 399 g/mol. The number of aryl methyl sites for hydroxylation is 1. The first-order chi connectivity index (χ1) is 13.5. The second-order valence-corrected chi connectivity index (χ2v) is 6.02. The van der Waals surface area contributed by atoms with Gasteiger partial charge in [-0.1, -0.05) is 11.6 Å². The number of nitro groups is 1. The van der Waals surface area contributed by atoms with Crippen LogP contribution in [-0.2, 0) is 0 Å². The van der Waals surface area contributed by atoms with Gasteiger partial charge in [0, 0.05) is 23.1 Å². The van der Waals surface area contributed by atoms with Gasteiger partial charge in [-0.05, 0) is 42.8 Å². The zero-order valence-electron chi connectivity index (χ0n) is 14.5. The molecule has 3 aromatic rings. The van der Waals surface area contributed by atoms with Gasteiger partial charge in [0.1, 0.15) is 6.33 Å². The molecule has 0 spiro atoms. The SMILES string of the molecule is Cc1cc(Cl)ccc1Nc1ncnc(NNC(=O)c2cccnc2)c1[N+](=O)[O-]. The standard InChI is InChI=1S/C17H14ClN7O3/c1-10-7-12(18)4-5-13(10)22-15-14(25(27)28)16(21-9-20-15)23-24-17(26)11-3-2-6-19-8-11/h2-9H,1H3,(H,24,26)(H2,20,21,22,23). The van der Waals surface area contributed by atoms with Gasteiger partial charge in [-0.3, -0.25) is 30.7 Å². The average Bonchev–Trinajstić information content (AvgIpc) is 2.68. The van der Waals surface area contributed by atoms with Crippen molar-refractivity contribution in [1.82, 2.24) is 20.4 Å². The number of aromatic nitrogens is 3. The van der Waals surface area contributed by atoms with Crippen LogP contribution in [0.4, 0.5) is 23.0 Å². The second-order valence-electron chi connectivity index (χ2n) is 5.58. The first-order valence-electron chi connectivity index (χ1n) is 7.94. The lowest BCUT2D eigenvalue weighted by Gasteiger charge is -2.12. The van der Waals surface area contributed by atoms with E-state index in [1.54, 1.807) is 37.3 Å². The Morgan fingerprint density at radius 1 is 1.21 bits per heavy atom. The number of nitrogens with zero attached hydrogens (tertiary/aromatic N) is 4. The van der Waals surface area contributed by atoms with Gasteiger partial charge in [0.05, 0.1) is 10.5 Å².